The molecular weight excluding hydrogens is 360 g/mol. The Morgan fingerprint density at radius 2 is 1.89 bits per heavy atom. The Hall–Kier alpha value is -2.28. The van der Waals surface area contributed by atoms with Gasteiger partial charge in [-0.2, -0.15) is 0 Å². The number of amides is 2. The summed E-state index contributed by atoms with van der Waals surface area (Å²) in [5.41, 5.74) is 0.361. The Kier molecular flexibility index (Phi) is 6.13. The van der Waals surface area contributed by atoms with E-state index >= 15 is 0 Å². The third-order valence-corrected chi connectivity index (χ3v) is 5.30. The zero-order valence-electron chi connectivity index (χ0n) is 16.8. The number of rotatable bonds is 3. The lowest BCUT2D eigenvalue weighted by Crippen LogP contribution is -2.51. The van der Waals surface area contributed by atoms with Gasteiger partial charge in [-0.05, 0) is 45.1 Å². The molecule has 2 fully saturated rings. The van der Waals surface area contributed by atoms with Crippen molar-refractivity contribution in [1.82, 2.24) is 9.80 Å². The van der Waals surface area contributed by atoms with Gasteiger partial charge >= 0.3 is 12.2 Å². The van der Waals surface area contributed by atoms with Crippen LogP contribution in [0.5, 0.6) is 0 Å². The van der Waals surface area contributed by atoms with Crippen molar-refractivity contribution >= 4 is 12.2 Å². The SMILES string of the molecule is CC(C)(C)OC(=O)N1C(CO)CC2CN(C(=O)OCc3ccccc3)CCC21. The Morgan fingerprint density at radius 1 is 1.18 bits per heavy atom. The summed E-state index contributed by atoms with van der Waals surface area (Å²) < 4.78 is 11.0. The largest absolute Gasteiger partial charge is 0.445 e. The predicted molar refractivity (Wildman–Crippen MR) is 104 cm³/mol. The number of benzene rings is 1. The van der Waals surface area contributed by atoms with E-state index in [2.05, 4.69) is 0 Å². The number of likely N-dealkylation sites (tertiary alicyclic amines) is 2. The van der Waals surface area contributed by atoms with Crippen molar-refractivity contribution in [3.8, 4) is 0 Å². The summed E-state index contributed by atoms with van der Waals surface area (Å²) in [6.45, 7) is 6.67. The molecule has 2 amide bonds. The molecule has 2 aliphatic heterocycles. The molecular formula is C21H30N2O5. The predicted octanol–water partition coefficient (Wildman–Crippen LogP) is 3.02. The normalized spacial score (nSPS) is 24.6. The van der Waals surface area contributed by atoms with Gasteiger partial charge < -0.3 is 19.5 Å². The smallest absolute Gasteiger partial charge is 0.410 e. The molecule has 1 N–H and O–H groups in total. The highest BCUT2D eigenvalue weighted by Crippen LogP contribution is 2.36. The van der Waals surface area contributed by atoms with Crippen LogP contribution in [-0.4, -0.2) is 64.5 Å². The van der Waals surface area contributed by atoms with Crippen LogP contribution in [0.25, 0.3) is 0 Å². The minimum atomic E-state index is -0.586. The number of hydrogen-bond donors (Lipinski definition) is 1. The number of carbonyl (C=O) groups is 2. The Labute approximate surface area is 166 Å². The summed E-state index contributed by atoms with van der Waals surface area (Å²) >= 11 is 0. The van der Waals surface area contributed by atoms with Crippen molar-refractivity contribution < 1.29 is 24.2 Å². The van der Waals surface area contributed by atoms with Crippen LogP contribution in [-0.2, 0) is 16.1 Å². The standard InChI is InChI=1S/C21H30N2O5/c1-21(2,3)28-20(26)23-17(13-24)11-16-12-22(10-9-18(16)23)19(25)27-14-15-7-5-4-6-8-15/h4-8,16-18,24H,9-14H2,1-3H3. The van der Waals surface area contributed by atoms with Crippen LogP contribution in [0.2, 0.25) is 0 Å². The number of hydrogen-bond acceptors (Lipinski definition) is 5. The molecule has 0 spiro atoms. The number of nitrogens with zero attached hydrogens (tertiary/aromatic N) is 2. The van der Waals surface area contributed by atoms with Gasteiger partial charge in [-0.25, -0.2) is 9.59 Å². The van der Waals surface area contributed by atoms with Gasteiger partial charge in [-0.15, -0.1) is 0 Å². The molecule has 0 bridgehead atoms. The molecule has 3 atom stereocenters. The molecule has 0 aliphatic carbocycles. The molecule has 3 unspecified atom stereocenters. The number of piperidine rings is 1. The summed E-state index contributed by atoms with van der Waals surface area (Å²) in [7, 11) is 0. The first-order chi connectivity index (χ1) is 13.3. The van der Waals surface area contributed by atoms with Gasteiger partial charge in [0.05, 0.1) is 12.6 Å². The van der Waals surface area contributed by atoms with Crippen LogP contribution >= 0.6 is 0 Å². The van der Waals surface area contributed by atoms with Crippen molar-refractivity contribution in [1.29, 1.82) is 0 Å². The van der Waals surface area contributed by atoms with Gasteiger partial charge in [0.25, 0.3) is 0 Å². The van der Waals surface area contributed by atoms with Crippen LogP contribution in [0.3, 0.4) is 0 Å². The van der Waals surface area contributed by atoms with E-state index in [1.54, 1.807) is 9.80 Å². The average Bonchev–Trinajstić information content (AvgIpc) is 3.03. The third-order valence-electron chi connectivity index (χ3n) is 5.30. The highest BCUT2D eigenvalue weighted by atomic mass is 16.6. The number of aliphatic hydroxyl groups is 1. The summed E-state index contributed by atoms with van der Waals surface area (Å²) in [4.78, 5) is 28.5. The molecule has 7 nitrogen and oxygen atoms in total. The fraction of sp³-hybridized carbons (Fsp3) is 0.619. The van der Waals surface area contributed by atoms with Crippen molar-refractivity contribution in [3.63, 3.8) is 0 Å². The lowest BCUT2D eigenvalue weighted by Gasteiger charge is -2.38. The number of aliphatic hydroxyl groups excluding tert-OH is 1. The molecule has 28 heavy (non-hydrogen) atoms. The minimum Gasteiger partial charge on any atom is -0.445 e. The number of ether oxygens (including phenoxy) is 2. The van der Waals surface area contributed by atoms with Crippen molar-refractivity contribution in [2.24, 2.45) is 5.92 Å². The Balaban J connectivity index is 1.59. The van der Waals surface area contributed by atoms with E-state index in [4.69, 9.17) is 9.47 Å². The lowest BCUT2D eigenvalue weighted by atomic mass is 9.92. The molecule has 2 heterocycles. The van der Waals surface area contributed by atoms with Crippen LogP contribution < -0.4 is 0 Å². The second kappa shape index (κ2) is 8.39. The fourth-order valence-electron chi connectivity index (χ4n) is 4.09. The molecule has 0 saturated carbocycles. The lowest BCUT2D eigenvalue weighted by molar-refractivity contribution is 0.00151. The molecule has 0 aromatic heterocycles. The molecule has 1 aromatic carbocycles. The van der Waals surface area contributed by atoms with Gasteiger partial charge in [0, 0.05) is 19.1 Å². The van der Waals surface area contributed by atoms with E-state index in [-0.39, 0.29) is 43.4 Å². The van der Waals surface area contributed by atoms with Gasteiger partial charge in [-0.3, -0.25) is 4.90 Å². The van der Waals surface area contributed by atoms with Gasteiger partial charge in [0.1, 0.15) is 12.2 Å². The molecule has 2 aliphatic rings. The van der Waals surface area contributed by atoms with Crippen LogP contribution in [0, 0.1) is 5.92 Å². The maximum atomic E-state index is 12.6. The summed E-state index contributed by atoms with van der Waals surface area (Å²) in [5.74, 6) is 0.114. The van der Waals surface area contributed by atoms with E-state index in [0.717, 1.165) is 5.56 Å². The van der Waals surface area contributed by atoms with Crippen molar-refractivity contribution in [2.45, 2.75) is 57.9 Å². The van der Waals surface area contributed by atoms with Gasteiger partial charge in [0.15, 0.2) is 0 Å². The maximum Gasteiger partial charge on any atom is 0.410 e. The molecule has 1 aromatic rings. The molecule has 3 rings (SSSR count). The topological polar surface area (TPSA) is 79.3 Å². The van der Waals surface area contributed by atoms with Crippen LogP contribution in [0.1, 0.15) is 39.2 Å². The quantitative estimate of drug-likeness (QED) is 0.858. The Morgan fingerprint density at radius 3 is 2.54 bits per heavy atom. The fourth-order valence-corrected chi connectivity index (χ4v) is 4.09. The summed E-state index contributed by atoms with van der Waals surface area (Å²) in [6.07, 6.45) is 0.585. The first-order valence-electron chi connectivity index (χ1n) is 9.86. The number of carbonyl (C=O) groups excluding carboxylic acids is 2. The summed E-state index contributed by atoms with van der Waals surface area (Å²) in [5, 5.41) is 9.76. The molecule has 7 heteroatoms. The second-order valence-corrected chi connectivity index (χ2v) is 8.56. The van der Waals surface area contributed by atoms with Crippen molar-refractivity contribution in [3.05, 3.63) is 35.9 Å². The molecule has 154 valence electrons. The molecule has 2 saturated heterocycles. The number of fused-ring (bicyclic) bond motifs is 1. The minimum absolute atomic E-state index is 0.0230. The van der Waals surface area contributed by atoms with E-state index in [1.165, 1.54) is 0 Å². The van der Waals surface area contributed by atoms with E-state index in [0.29, 0.717) is 25.9 Å². The van der Waals surface area contributed by atoms with Crippen molar-refractivity contribution in [2.75, 3.05) is 19.7 Å². The summed E-state index contributed by atoms with van der Waals surface area (Å²) in [6, 6.07) is 9.28. The zero-order valence-corrected chi connectivity index (χ0v) is 16.8. The van der Waals surface area contributed by atoms with E-state index in [1.807, 2.05) is 51.1 Å². The van der Waals surface area contributed by atoms with Crippen LogP contribution in [0.15, 0.2) is 30.3 Å². The van der Waals surface area contributed by atoms with E-state index in [9.17, 15) is 14.7 Å². The maximum absolute atomic E-state index is 12.6. The zero-order chi connectivity index (χ0) is 20.3. The van der Waals surface area contributed by atoms with Gasteiger partial charge in [0.2, 0.25) is 0 Å². The first kappa shape index (κ1) is 20.5. The van der Waals surface area contributed by atoms with Gasteiger partial charge in [-0.1, -0.05) is 30.3 Å². The highest BCUT2D eigenvalue weighted by Gasteiger charge is 2.48. The average molecular weight is 390 g/mol. The third kappa shape index (κ3) is 4.76. The second-order valence-electron chi connectivity index (χ2n) is 8.56. The van der Waals surface area contributed by atoms with Crippen LogP contribution in [0.4, 0.5) is 9.59 Å². The molecule has 0 radical (unpaired) electrons. The Bertz CT molecular complexity index is 688. The van der Waals surface area contributed by atoms with E-state index < -0.39 is 5.60 Å². The highest BCUT2D eigenvalue weighted by molar-refractivity contribution is 5.70. The first-order valence-corrected chi connectivity index (χ1v) is 9.86. The monoisotopic (exact) mass is 390 g/mol.